The van der Waals surface area contributed by atoms with Crippen molar-refractivity contribution in [3.8, 4) is 5.75 Å². The molecule has 0 spiro atoms. The molecule has 0 atom stereocenters. The van der Waals surface area contributed by atoms with Gasteiger partial charge >= 0.3 is 5.97 Å². The molecule has 1 amide bonds. The Kier molecular flexibility index (Phi) is 7.35. The molecule has 1 N–H and O–H groups in total. The van der Waals surface area contributed by atoms with Crippen LogP contribution in [-0.4, -0.2) is 61.7 Å². The molecule has 33 heavy (non-hydrogen) atoms. The van der Waals surface area contributed by atoms with E-state index in [2.05, 4.69) is 5.32 Å². The number of hydrogen-bond donors (Lipinski definition) is 1. The zero-order valence-corrected chi connectivity index (χ0v) is 17.5. The minimum Gasteiger partial charge on any atom is -0.496 e. The summed E-state index contributed by atoms with van der Waals surface area (Å²) in [4.78, 5) is 47.8. The summed E-state index contributed by atoms with van der Waals surface area (Å²) in [7, 11) is 1.34. The van der Waals surface area contributed by atoms with E-state index in [0.29, 0.717) is 32.0 Å². The molecule has 1 fully saturated rings. The Hall–Kier alpha value is -4.26. The van der Waals surface area contributed by atoms with Gasteiger partial charge in [0.05, 0.1) is 47.5 Å². The van der Waals surface area contributed by atoms with E-state index in [-0.39, 0.29) is 22.7 Å². The molecule has 13 nitrogen and oxygen atoms in total. The van der Waals surface area contributed by atoms with Gasteiger partial charge in [0.25, 0.3) is 17.3 Å². The summed E-state index contributed by atoms with van der Waals surface area (Å²) in [6.07, 6.45) is 0. The number of methoxy groups -OCH3 is 1. The maximum absolute atomic E-state index is 12.7. The molecule has 13 heteroatoms. The first-order valence-electron chi connectivity index (χ1n) is 9.70. The highest BCUT2D eigenvalue weighted by atomic mass is 16.6. The van der Waals surface area contributed by atoms with Crippen molar-refractivity contribution in [1.29, 1.82) is 0 Å². The van der Waals surface area contributed by atoms with Crippen LogP contribution in [-0.2, 0) is 14.3 Å². The van der Waals surface area contributed by atoms with Crippen LogP contribution in [0.4, 0.5) is 22.7 Å². The van der Waals surface area contributed by atoms with Crippen molar-refractivity contribution in [3.05, 3.63) is 62.2 Å². The third-order valence-corrected chi connectivity index (χ3v) is 4.77. The van der Waals surface area contributed by atoms with Crippen molar-refractivity contribution < 1.29 is 33.6 Å². The number of carbonyl (C=O) groups is 2. The maximum Gasteiger partial charge on any atom is 0.341 e. The number of rotatable bonds is 8. The number of nitro benzene ring substituents is 2. The molecule has 1 heterocycles. The number of carbonyl (C=O) groups excluding carboxylic acids is 2. The predicted octanol–water partition coefficient (Wildman–Crippen LogP) is 2.14. The van der Waals surface area contributed by atoms with E-state index in [9.17, 15) is 29.8 Å². The first-order valence-corrected chi connectivity index (χ1v) is 9.70. The maximum atomic E-state index is 12.7. The highest BCUT2D eigenvalue weighted by molar-refractivity contribution is 6.00. The molecule has 3 rings (SSSR count). The molecule has 1 saturated heterocycles. The fraction of sp³-hybridized carbons (Fsp3) is 0.300. The van der Waals surface area contributed by atoms with E-state index >= 15 is 0 Å². The Morgan fingerprint density at radius 2 is 1.82 bits per heavy atom. The van der Waals surface area contributed by atoms with Gasteiger partial charge in [-0.3, -0.25) is 25.0 Å². The second-order valence-electron chi connectivity index (χ2n) is 6.82. The monoisotopic (exact) mass is 460 g/mol. The third-order valence-electron chi connectivity index (χ3n) is 4.77. The summed E-state index contributed by atoms with van der Waals surface area (Å²) < 4.78 is 15.3. The van der Waals surface area contributed by atoms with Gasteiger partial charge in [0.1, 0.15) is 11.4 Å². The van der Waals surface area contributed by atoms with Gasteiger partial charge in [0, 0.05) is 25.2 Å². The van der Waals surface area contributed by atoms with E-state index in [1.165, 1.54) is 31.4 Å². The molecule has 0 saturated carbocycles. The first kappa shape index (κ1) is 23.4. The van der Waals surface area contributed by atoms with Crippen molar-refractivity contribution in [1.82, 2.24) is 0 Å². The number of anilines is 2. The van der Waals surface area contributed by atoms with Crippen molar-refractivity contribution in [3.63, 3.8) is 0 Å². The molecule has 0 aromatic heterocycles. The molecule has 1 aliphatic rings. The van der Waals surface area contributed by atoms with E-state index in [4.69, 9.17) is 14.2 Å². The fourth-order valence-corrected chi connectivity index (χ4v) is 3.17. The normalized spacial score (nSPS) is 13.2. The van der Waals surface area contributed by atoms with Gasteiger partial charge in [0.2, 0.25) is 0 Å². The lowest BCUT2D eigenvalue weighted by molar-refractivity contribution is -0.384. The van der Waals surface area contributed by atoms with Crippen molar-refractivity contribution in [2.45, 2.75) is 0 Å². The minimum absolute atomic E-state index is 0.0747. The molecule has 2 aromatic rings. The van der Waals surface area contributed by atoms with Crippen LogP contribution >= 0.6 is 0 Å². The first-order chi connectivity index (χ1) is 15.8. The summed E-state index contributed by atoms with van der Waals surface area (Å²) in [5.74, 6) is -1.54. The number of ether oxygens (including phenoxy) is 3. The Bertz CT molecular complexity index is 1080. The number of non-ortho nitro benzene ring substituents is 1. The largest absolute Gasteiger partial charge is 0.496 e. The molecular formula is C20H20N4O9. The summed E-state index contributed by atoms with van der Waals surface area (Å²) in [5, 5.41) is 24.7. The lowest BCUT2D eigenvalue weighted by atomic mass is 10.1. The van der Waals surface area contributed by atoms with Crippen LogP contribution in [0.3, 0.4) is 0 Å². The Labute approximate surface area is 187 Å². The molecule has 2 aromatic carbocycles. The summed E-state index contributed by atoms with van der Waals surface area (Å²) >= 11 is 0. The van der Waals surface area contributed by atoms with Gasteiger partial charge in [-0.2, -0.15) is 0 Å². The van der Waals surface area contributed by atoms with Crippen LogP contribution in [0.2, 0.25) is 0 Å². The predicted molar refractivity (Wildman–Crippen MR) is 115 cm³/mol. The van der Waals surface area contributed by atoms with Crippen molar-refractivity contribution >= 4 is 34.6 Å². The number of nitro groups is 2. The smallest absolute Gasteiger partial charge is 0.341 e. The van der Waals surface area contributed by atoms with Crippen molar-refractivity contribution in [2.24, 2.45) is 0 Å². The quantitative estimate of drug-likeness (QED) is 0.351. The zero-order chi connectivity index (χ0) is 24.0. The molecular weight excluding hydrogens is 440 g/mol. The van der Waals surface area contributed by atoms with Gasteiger partial charge in [-0.25, -0.2) is 4.79 Å². The molecule has 174 valence electrons. The fourth-order valence-electron chi connectivity index (χ4n) is 3.17. The van der Waals surface area contributed by atoms with Crippen molar-refractivity contribution in [2.75, 3.05) is 50.2 Å². The van der Waals surface area contributed by atoms with E-state index in [1.807, 2.05) is 4.90 Å². The molecule has 0 aliphatic carbocycles. The average Bonchev–Trinajstić information content (AvgIpc) is 2.82. The number of nitrogens with zero attached hydrogens (tertiary/aromatic N) is 3. The zero-order valence-electron chi connectivity index (χ0n) is 17.5. The molecule has 1 aliphatic heterocycles. The van der Waals surface area contributed by atoms with E-state index < -0.39 is 34.0 Å². The van der Waals surface area contributed by atoms with Crippen LogP contribution in [0.5, 0.6) is 5.75 Å². The molecule has 0 bridgehead atoms. The SMILES string of the molecule is COc1ccc(NC(=O)COC(=O)c2cc([N+](=O)[O-])ccc2N2CCOCC2)c([N+](=O)[O-])c1. The summed E-state index contributed by atoms with van der Waals surface area (Å²) in [6, 6.07) is 7.65. The van der Waals surface area contributed by atoms with Crippen LogP contribution in [0.25, 0.3) is 0 Å². The second-order valence-corrected chi connectivity index (χ2v) is 6.82. The van der Waals surface area contributed by atoms with E-state index in [1.54, 1.807) is 0 Å². The van der Waals surface area contributed by atoms with Crippen LogP contribution in [0, 0.1) is 20.2 Å². The summed E-state index contributed by atoms with van der Waals surface area (Å²) in [6.45, 7) is 1.04. The number of morpholine rings is 1. The van der Waals surface area contributed by atoms with Crippen LogP contribution < -0.4 is 15.0 Å². The van der Waals surface area contributed by atoms with Gasteiger partial charge in [-0.1, -0.05) is 0 Å². The minimum atomic E-state index is -0.945. The number of hydrogen-bond acceptors (Lipinski definition) is 10. The Morgan fingerprint density at radius 1 is 1.09 bits per heavy atom. The van der Waals surface area contributed by atoms with Crippen LogP contribution in [0.1, 0.15) is 10.4 Å². The summed E-state index contributed by atoms with van der Waals surface area (Å²) in [5.41, 5.74) is -0.472. The number of amides is 1. The highest BCUT2D eigenvalue weighted by Crippen LogP contribution is 2.29. The molecule has 0 radical (unpaired) electrons. The Morgan fingerprint density at radius 3 is 2.45 bits per heavy atom. The van der Waals surface area contributed by atoms with E-state index in [0.717, 1.165) is 12.1 Å². The topological polar surface area (TPSA) is 163 Å². The molecule has 0 unspecified atom stereocenters. The van der Waals surface area contributed by atoms with Gasteiger partial charge < -0.3 is 24.4 Å². The van der Waals surface area contributed by atoms with Gasteiger partial charge in [0.15, 0.2) is 6.61 Å². The highest BCUT2D eigenvalue weighted by Gasteiger charge is 2.24. The number of benzene rings is 2. The average molecular weight is 460 g/mol. The Balaban J connectivity index is 1.74. The third kappa shape index (κ3) is 5.71. The van der Waals surface area contributed by atoms with Gasteiger partial charge in [-0.05, 0) is 18.2 Å². The number of nitrogens with one attached hydrogen (secondary N) is 1. The van der Waals surface area contributed by atoms with Crippen LogP contribution in [0.15, 0.2) is 36.4 Å². The lowest BCUT2D eigenvalue weighted by Gasteiger charge is -2.30. The lowest BCUT2D eigenvalue weighted by Crippen LogP contribution is -2.37. The standard InChI is InChI=1S/C20H20N4O9/c1-31-14-3-4-16(18(11-14)24(29)30)21-19(25)12-33-20(26)15-10-13(23(27)28)2-5-17(15)22-6-8-32-9-7-22/h2-5,10-11H,6-9,12H2,1H3,(H,21,25). The second kappa shape index (κ2) is 10.4. The van der Waals surface area contributed by atoms with Gasteiger partial charge in [-0.15, -0.1) is 0 Å². The number of esters is 1.